The highest BCUT2D eigenvalue weighted by Crippen LogP contribution is 2.22. The largest absolute Gasteiger partial charge is 0.385 e. The van der Waals surface area contributed by atoms with Crippen LogP contribution in [0.2, 0.25) is 0 Å². The summed E-state index contributed by atoms with van der Waals surface area (Å²) in [7, 11) is 1.67. The van der Waals surface area contributed by atoms with Crippen LogP contribution in [0.1, 0.15) is 39.5 Å². The zero-order valence-electron chi connectivity index (χ0n) is 11.6. The molecule has 1 fully saturated rings. The highest BCUT2D eigenvalue weighted by molar-refractivity contribution is 5.97. The van der Waals surface area contributed by atoms with Crippen LogP contribution in [0.15, 0.2) is 0 Å². The number of amides is 2. The molecule has 1 aliphatic rings. The molecule has 1 saturated heterocycles. The molecule has 5 nitrogen and oxygen atoms in total. The standard InChI is InChI=1S/C13H24N2O3/c1-4-13(5-2)12(17)15(10-11(16)14-13)8-6-7-9-18-3/h4-10H2,1-3H3,(H,14,16). The second-order valence-electron chi connectivity index (χ2n) is 4.76. The minimum Gasteiger partial charge on any atom is -0.385 e. The van der Waals surface area contributed by atoms with Crippen molar-refractivity contribution in [1.82, 2.24) is 10.2 Å². The van der Waals surface area contributed by atoms with Gasteiger partial charge in [0, 0.05) is 20.3 Å². The fraction of sp³-hybridized carbons (Fsp3) is 0.846. The molecule has 2 amide bonds. The van der Waals surface area contributed by atoms with Gasteiger partial charge in [0.25, 0.3) is 0 Å². The predicted octanol–water partition coefficient (Wildman–Crippen LogP) is 0.930. The third kappa shape index (κ3) is 3.22. The maximum absolute atomic E-state index is 12.4. The molecule has 1 heterocycles. The fourth-order valence-electron chi connectivity index (χ4n) is 2.37. The van der Waals surface area contributed by atoms with Gasteiger partial charge in [-0.2, -0.15) is 0 Å². The van der Waals surface area contributed by atoms with Crippen molar-refractivity contribution in [3.8, 4) is 0 Å². The predicted molar refractivity (Wildman–Crippen MR) is 69.1 cm³/mol. The first-order chi connectivity index (χ1) is 8.59. The molecule has 1 rings (SSSR count). The van der Waals surface area contributed by atoms with Crippen molar-refractivity contribution in [2.24, 2.45) is 0 Å². The molecule has 0 radical (unpaired) electrons. The van der Waals surface area contributed by atoms with E-state index in [1.807, 2.05) is 13.8 Å². The van der Waals surface area contributed by atoms with Crippen molar-refractivity contribution in [2.45, 2.75) is 45.1 Å². The SMILES string of the molecule is CCC1(CC)NC(=O)CN(CCCCOC)C1=O. The monoisotopic (exact) mass is 256 g/mol. The van der Waals surface area contributed by atoms with Crippen LogP contribution < -0.4 is 5.32 Å². The molecule has 1 aliphatic heterocycles. The molecular formula is C13H24N2O3. The summed E-state index contributed by atoms with van der Waals surface area (Å²) < 4.78 is 4.98. The molecule has 0 atom stereocenters. The van der Waals surface area contributed by atoms with Gasteiger partial charge in [-0.15, -0.1) is 0 Å². The summed E-state index contributed by atoms with van der Waals surface area (Å²) in [6.45, 7) is 5.40. The summed E-state index contributed by atoms with van der Waals surface area (Å²) in [6, 6.07) is 0. The molecule has 104 valence electrons. The van der Waals surface area contributed by atoms with Crippen molar-refractivity contribution in [3.63, 3.8) is 0 Å². The summed E-state index contributed by atoms with van der Waals surface area (Å²) in [5, 5.41) is 2.86. The molecule has 0 aromatic heterocycles. The molecule has 1 N–H and O–H groups in total. The Morgan fingerprint density at radius 2 is 1.94 bits per heavy atom. The molecule has 0 aromatic carbocycles. The van der Waals surface area contributed by atoms with Crippen LogP contribution in [0, 0.1) is 0 Å². The van der Waals surface area contributed by atoms with E-state index in [2.05, 4.69) is 5.32 Å². The Bertz CT molecular complexity index is 301. The number of hydrogen-bond acceptors (Lipinski definition) is 3. The Hall–Kier alpha value is -1.10. The van der Waals surface area contributed by atoms with Crippen molar-refractivity contribution >= 4 is 11.8 Å². The van der Waals surface area contributed by atoms with Gasteiger partial charge in [-0.3, -0.25) is 9.59 Å². The van der Waals surface area contributed by atoms with Gasteiger partial charge in [0.1, 0.15) is 5.54 Å². The van der Waals surface area contributed by atoms with Crippen LogP contribution in [-0.4, -0.2) is 49.1 Å². The van der Waals surface area contributed by atoms with E-state index in [9.17, 15) is 9.59 Å². The second kappa shape index (κ2) is 6.73. The molecule has 5 heteroatoms. The van der Waals surface area contributed by atoms with E-state index in [0.717, 1.165) is 12.8 Å². The molecule has 0 aliphatic carbocycles. The number of piperazine rings is 1. The average molecular weight is 256 g/mol. The smallest absolute Gasteiger partial charge is 0.248 e. The Morgan fingerprint density at radius 1 is 1.28 bits per heavy atom. The number of nitrogens with one attached hydrogen (secondary N) is 1. The maximum atomic E-state index is 12.4. The third-order valence-corrected chi connectivity index (χ3v) is 3.64. The highest BCUT2D eigenvalue weighted by Gasteiger charge is 2.43. The van der Waals surface area contributed by atoms with Gasteiger partial charge in [0.05, 0.1) is 6.54 Å². The van der Waals surface area contributed by atoms with Gasteiger partial charge in [-0.1, -0.05) is 13.8 Å². The number of rotatable bonds is 7. The zero-order chi connectivity index (χ0) is 13.6. The van der Waals surface area contributed by atoms with E-state index in [0.29, 0.717) is 26.0 Å². The number of carbonyl (C=O) groups is 2. The quantitative estimate of drug-likeness (QED) is 0.689. The summed E-state index contributed by atoms with van der Waals surface area (Å²) in [5.41, 5.74) is -0.684. The topological polar surface area (TPSA) is 58.6 Å². The number of nitrogens with zero attached hydrogens (tertiary/aromatic N) is 1. The van der Waals surface area contributed by atoms with Crippen molar-refractivity contribution in [2.75, 3.05) is 26.8 Å². The lowest BCUT2D eigenvalue weighted by Gasteiger charge is -2.41. The minimum absolute atomic E-state index is 0.0509. The third-order valence-electron chi connectivity index (χ3n) is 3.64. The van der Waals surface area contributed by atoms with Crippen LogP contribution in [0.25, 0.3) is 0 Å². The van der Waals surface area contributed by atoms with E-state index in [4.69, 9.17) is 4.74 Å². The van der Waals surface area contributed by atoms with E-state index in [1.165, 1.54) is 0 Å². The maximum Gasteiger partial charge on any atom is 0.248 e. The summed E-state index contributed by atoms with van der Waals surface area (Å²) in [4.78, 5) is 25.8. The van der Waals surface area contributed by atoms with E-state index >= 15 is 0 Å². The normalized spacial score (nSPS) is 18.9. The van der Waals surface area contributed by atoms with E-state index in [-0.39, 0.29) is 18.4 Å². The minimum atomic E-state index is -0.684. The Kier molecular flexibility index (Phi) is 5.59. The number of ether oxygens (including phenoxy) is 1. The lowest BCUT2D eigenvalue weighted by atomic mass is 9.89. The van der Waals surface area contributed by atoms with Crippen LogP contribution in [0.3, 0.4) is 0 Å². The molecule has 0 spiro atoms. The van der Waals surface area contributed by atoms with Crippen LogP contribution in [-0.2, 0) is 14.3 Å². The second-order valence-corrected chi connectivity index (χ2v) is 4.76. The van der Waals surface area contributed by atoms with E-state index in [1.54, 1.807) is 12.0 Å². The lowest BCUT2D eigenvalue weighted by Crippen LogP contribution is -2.66. The van der Waals surface area contributed by atoms with Crippen LogP contribution in [0.4, 0.5) is 0 Å². The van der Waals surface area contributed by atoms with Crippen molar-refractivity contribution in [1.29, 1.82) is 0 Å². The van der Waals surface area contributed by atoms with Crippen LogP contribution in [0.5, 0.6) is 0 Å². The lowest BCUT2D eigenvalue weighted by molar-refractivity contribution is -0.150. The fourth-order valence-corrected chi connectivity index (χ4v) is 2.37. The Balaban J connectivity index is 2.62. The van der Waals surface area contributed by atoms with Crippen LogP contribution >= 0.6 is 0 Å². The van der Waals surface area contributed by atoms with Gasteiger partial charge >= 0.3 is 0 Å². The Morgan fingerprint density at radius 3 is 2.50 bits per heavy atom. The average Bonchev–Trinajstić information content (AvgIpc) is 2.38. The molecule has 0 saturated carbocycles. The highest BCUT2D eigenvalue weighted by atomic mass is 16.5. The van der Waals surface area contributed by atoms with Gasteiger partial charge in [0.15, 0.2) is 0 Å². The van der Waals surface area contributed by atoms with Gasteiger partial charge in [-0.25, -0.2) is 0 Å². The van der Waals surface area contributed by atoms with Gasteiger partial charge < -0.3 is 15.0 Å². The number of unbranched alkanes of at least 4 members (excludes halogenated alkanes) is 1. The number of carbonyl (C=O) groups excluding carboxylic acids is 2. The van der Waals surface area contributed by atoms with Crippen molar-refractivity contribution < 1.29 is 14.3 Å². The summed E-state index contributed by atoms with van der Waals surface area (Å²) in [5.74, 6) is 0.00885. The molecule has 0 aromatic rings. The molecule has 0 unspecified atom stereocenters. The first kappa shape index (κ1) is 15.0. The molecule has 0 bridgehead atoms. The van der Waals surface area contributed by atoms with Gasteiger partial charge in [-0.05, 0) is 25.7 Å². The van der Waals surface area contributed by atoms with Crippen molar-refractivity contribution in [3.05, 3.63) is 0 Å². The van der Waals surface area contributed by atoms with Gasteiger partial charge in [0.2, 0.25) is 11.8 Å². The summed E-state index contributed by atoms with van der Waals surface area (Å²) in [6.07, 6.45) is 3.06. The Labute approximate surface area is 109 Å². The first-order valence-electron chi connectivity index (χ1n) is 6.69. The van der Waals surface area contributed by atoms with E-state index < -0.39 is 5.54 Å². The first-order valence-corrected chi connectivity index (χ1v) is 6.69. The number of methoxy groups -OCH3 is 1. The molecular weight excluding hydrogens is 232 g/mol. The summed E-state index contributed by atoms with van der Waals surface area (Å²) >= 11 is 0. The molecule has 18 heavy (non-hydrogen) atoms. The zero-order valence-corrected chi connectivity index (χ0v) is 11.6. The number of hydrogen-bond donors (Lipinski definition) is 1.